The molecule has 0 spiro atoms. The Morgan fingerprint density at radius 1 is 1.09 bits per heavy atom. The third-order valence-corrected chi connectivity index (χ3v) is 5.22. The van der Waals surface area contributed by atoms with Gasteiger partial charge in [-0.15, -0.1) is 0 Å². The van der Waals surface area contributed by atoms with Crippen LogP contribution in [0.5, 0.6) is 0 Å². The monoisotopic (exact) mass is 493 g/mol. The molecule has 0 aliphatic carbocycles. The lowest BCUT2D eigenvalue weighted by Gasteiger charge is -2.10. The summed E-state index contributed by atoms with van der Waals surface area (Å²) in [5.74, 6) is -0.513. The molecular weight excluding hydrogens is 479 g/mol. The molecule has 0 atom stereocenters. The lowest BCUT2D eigenvalue weighted by molar-refractivity contribution is -0.141. The maximum Gasteiger partial charge on any atom is 0.433 e. The van der Waals surface area contributed by atoms with Gasteiger partial charge in [-0.1, -0.05) is 30.3 Å². The van der Waals surface area contributed by atoms with Crippen LogP contribution >= 0.6 is 11.8 Å². The summed E-state index contributed by atoms with van der Waals surface area (Å²) in [6.45, 7) is 0. The first-order valence-electron chi connectivity index (χ1n) is 9.94. The minimum Gasteiger partial charge on any atom is -0.450 e. The lowest BCUT2D eigenvalue weighted by Crippen LogP contribution is -2.13. The molecule has 0 bridgehead atoms. The van der Waals surface area contributed by atoms with Crippen molar-refractivity contribution in [2.45, 2.75) is 16.4 Å². The van der Waals surface area contributed by atoms with Gasteiger partial charge in [0.1, 0.15) is 23.1 Å². The molecule has 3 aromatic heterocycles. The molecule has 0 fully saturated rings. The fourth-order valence-corrected chi connectivity index (χ4v) is 3.60. The van der Waals surface area contributed by atoms with Crippen LogP contribution in [0.4, 0.5) is 18.9 Å². The summed E-state index contributed by atoms with van der Waals surface area (Å²) in [5, 5.41) is 11.9. The van der Waals surface area contributed by atoms with E-state index in [9.17, 15) is 23.2 Å². The molecule has 0 saturated carbocycles. The van der Waals surface area contributed by atoms with Gasteiger partial charge < -0.3 is 9.73 Å². The number of hydrogen-bond acceptors (Lipinski definition) is 7. The number of aromatic nitrogens is 3. The third-order valence-electron chi connectivity index (χ3n) is 4.43. The first kappa shape index (κ1) is 23.7. The van der Waals surface area contributed by atoms with Gasteiger partial charge in [-0.05, 0) is 42.1 Å². The van der Waals surface area contributed by atoms with E-state index >= 15 is 0 Å². The Morgan fingerprint density at radius 3 is 2.57 bits per heavy atom. The fourth-order valence-electron chi connectivity index (χ4n) is 2.86. The molecule has 0 radical (unpaired) electrons. The predicted octanol–water partition coefficient (Wildman–Crippen LogP) is 5.85. The van der Waals surface area contributed by atoms with Crippen LogP contribution in [0.1, 0.15) is 11.5 Å². The van der Waals surface area contributed by atoms with Gasteiger partial charge in [0.25, 0.3) is 5.91 Å². The summed E-state index contributed by atoms with van der Waals surface area (Å²) in [5.41, 5.74) is -0.296. The molecule has 0 unspecified atom stereocenters. The van der Waals surface area contributed by atoms with Crippen molar-refractivity contribution in [2.75, 3.05) is 5.32 Å². The van der Waals surface area contributed by atoms with E-state index in [0.29, 0.717) is 11.3 Å². The molecule has 11 heteroatoms. The topological polar surface area (TPSA) is 105 Å². The largest absolute Gasteiger partial charge is 0.450 e. The number of carbonyl (C=O) groups excluding carboxylic acids is 1. The number of halogens is 3. The van der Waals surface area contributed by atoms with E-state index < -0.39 is 17.8 Å². The van der Waals surface area contributed by atoms with E-state index in [0.717, 1.165) is 17.8 Å². The van der Waals surface area contributed by atoms with Crippen LogP contribution in [0.15, 0.2) is 93.3 Å². The second-order valence-electron chi connectivity index (χ2n) is 6.91. The Balaban J connectivity index is 1.57. The average Bonchev–Trinajstić information content (AvgIpc) is 3.29. The zero-order valence-corrected chi connectivity index (χ0v) is 18.5. The van der Waals surface area contributed by atoms with Crippen molar-refractivity contribution in [3.63, 3.8) is 0 Å². The first-order chi connectivity index (χ1) is 16.8. The summed E-state index contributed by atoms with van der Waals surface area (Å²) in [6, 6.07) is 17.3. The minimum atomic E-state index is -4.66. The number of furan rings is 1. The quantitative estimate of drug-likeness (QED) is 0.204. The van der Waals surface area contributed by atoms with E-state index in [1.54, 1.807) is 48.5 Å². The Labute approximate surface area is 201 Å². The van der Waals surface area contributed by atoms with Crippen molar-refractivity contribution in [2.24, 2.45) is 0 Å². The summed E-state index contributed by atoms with van der Waals surface area (Å²) in [7, 11) is 0. The molecule has 1 amide bonds. The van der Waals surface area contributed by atoms with Gasteiger partial charge in [-0.25, -0.2) is 9.97 Å². The standard InChI is InChI=1S/C24H14F3N5O2S/c25-24(26,27)20-12-19(15-5-2-1-3-6-15)31-23(32-20)35-21-9-8-18(34-21)11-16(13-28)22(33)30-17-7-4-10-29-14-17/h1-12,14H,(H,30,33)/b16-11+. The van der Waals surface area contributed by atoms with Gasteiger partial charge in [-0.2, -0.15) is 18.4 Å². The number of nitrogens with one attached hydrogen (secondary N) is 1. The summed E-state index contributed by atoms with van der Waals surface area (Å²) in [4.78, 5) is 24.1. The highest BCUT2D eigenvalue weighted by molar-refractivity contribution is 7.99. The zero-order chi connectivity index (χ0) is 24.8. The lowest BCUT2D eigenvalue weighted by atomic mass is 10.1. The molecule has 1 N–H and O–H groups in total. The highest BCUT2D eigenvalue weighted by Crippen LogP contribution is 2.34. The number of benzene rings is 1. The normalized spacial score (nSPS) is 11.7. The molecular formula is C24H14F3N5O2S. The Hall–Kier alpha value is -4.43. The van der Waals surface area contributed by atoms with Crippen LogP contribution in [0.2, 0.25) is 0 Å². The Kier molecular flexibility index (Phi) is 6.93. The highest BCUT2D eigenvalue weighted by atomic mass is 32.2. The van der Waals surface area contributed by atoms with Crippen LogP contribution in [0.25, 0.3) is 17.3 Å². The van der Waals surface area contributed by atoms with Gasteiger partial charge in [0.15, 0.2) is 10.2 Å². The number of hydrogen-bond donors (Lipinski definition) is 1. The van der Waals surface area contributed by atoms with Gasteiger partial charge >= 0.3 is 6.18 Å². The first-order valence-corrected chi connectivity index (χ1v) is 10.8. The SMILES string of the molecule is N#C/C(=C\c1ccc(Sc2nc(-c3ccccc3)cc(C(F)(F)F)n2)o1)C(=O)Nc1cccnc1. The van der Waals surface area contributed by atoms with Gasteiger partial charge in [0, 0.05) is 17.8 Å². The molecule has 0 saturated heterocycles. The zero-order valence-electron chi connectivity index (χ0n) is 17.7. The molecule has 1 aromatic carbocycles. The van der Waals surface area contributed by atoms with Crippen molar-refractivity contribution < 1.29 is 22.4 Å². The van der Waals surface area contributed by atoms with Crippen LogP contribution in [-0.4, -0.2) is 20.9 Å². The van der Waals surface area contributed by atoms with Crippen LogP contribution in [0.3, 0.4) is 0 Å². The molecule has 4 aromatic rings. The maximum absolute atomic E-state index is 13.4. The second kappa shape index (κ2) is 10.2. The molecule has 4 rings (SSSR count). The van der Waals surface area contributed by atoms with E-state index in [-0.39, 0.29) is 27.3 Å². The van der Waals surface area contributed by atoms with Crippen LogP contribution in [0, 0.1) is 11.3 Å². The van der Waals surface area contributed by atoms with E-state index in [4.69, 9.17) is 4.42 Å². The number of rotatable bonds is 6. The molecule has 0 aliphatic rings. The number of nitrogens with zero attached hydrogens (tertiary/aromatic N) is 4. The van der Waals surface area contributed by atoms with Gasteiger partial charge in [0.2, 0.25) is 0 Å². The van der Waals surface area contributed by atoms with Crippen LogP contribution < -0.4 is 5.32 Å². The van der Waals surface area contributed by atoms with E-state index in [2.05, 4.69) is 20.3 Å². The van der Waals surface area contributed by atoms with Gasteiger partial charge in [0.05, 0.1) is 17.6 Å². The van der Waals surface area contributed by atoms with Crippen molar-refractivity contribution in [1.29, 1.82) is 5.26 Å². The van der Waals surface area contributed by atoms with Crippen LogP contribution in [-0.2, 0) is 11.0 Å². The molecule has 174 valence electrons. The second-order valence-corrected chi connectivity index (χ2v) is 7.88. The third kappa shape index (κ3) is 6.13. The molecule has 7 nitrogen and oxygen atoms in total. The number of nitriles is 1. The average molecular weight is 493 g/mol. The molecule has 0 aliphatic heterocycles. The summed E-state index contributed by atoms with van der Waals surface area (Å²) in [6.07, 6.45) is -0.483. The maximum atomic E-state index is 13.4. The fraction of sp³-hybridized carbons (Fsp3) is 0.0417. The Morgan fingerprint density at radius 2 is 1.89 bits per heavy atom. The number of alkyl halides is 3. The number of pyridine rings is 1. The molecule has 3 heterocycles. The van der Waals surface area contributed by atoms with Crippen molar-refractivity contribution in [3.05, 3.63) is 90.1 Å². The Bertz CT molecular complexity index is 1410. The van der Waals surface area contributed by atoms with Crippen molar-refractivity contribution in [3.8, 4) is 17.3 Å². The highest BCUT2D eigenvalue weighted by Gasteiger charge is 2.34. The number of amides is 1. The minimum absolute atomic E-state index is 0.112. The molecule has 35 heavy (non-hydrogen) atoms. The predicted molar refractivity (Wildman–Crippen MR) is 122 cm³/mol. The van der Waals surface area contributed by atoms with E-state index in [1.807, 2.05) is 0 Å². The van der Waals surface area contributed by atoms with E-state index in [1.165, 1.54) is 30.6 Å². The van der Waals surface area contributed by atoms with Gasteiger partial charge in [-0.3, -0.25) is 9.78 Å². The van der Waals surface area contributed by atoms with Crippen molar-refractivity contribution >= 4 is 29.4 Å². The summed E-state index contributed by atoms with van der Waals surface area (Å²) < 4.78 is 45.8. The summed E-state index contributed by atoms with van der Waals surface area (Å²) >= 11 is 0.783. The number of carbonyl (C=O) groups is 1. The smallest absolute Gasteiger partial charge is 0.433 e. The number of anilines is 1. The van der Waals surface area contributed by atoms with Crippen molar-refractivity contribution in [1.82, 2.24) is 15.0 Å².